The lowest BCUT2D eigenvalue weighted by Gasteiger charge is -2.31. The first kappa shape index (κ1) is 15.5. The normalized spacial score (nSPS) is 18.9. The van der Waals surface area contributed by atoms with Crippen LogP contribution in [0, 0.1) is 5.92 Å². The average Bonchev–Trinajstić information content (AvgIpc) is 2.39. The van der Waals surface area contributed by atoms with Crippen LogP contribution in [-0.2, 0) is 4.79 Å². The number of amides is 1. The van der Waals surface area contributed by atoms with E-state index >= 15 is 0 Å². The van der Waals surface area contributed by atoms with Gasteiger partial charge < -0.3 is 10.2 Å². The van der Waals surface area contributed by atoms with Gasteiger partial charge in [-0.3, -0.25) is 4.79 Å². The molecule has 1 aliphatic carbocycles. The predicted octanol–water partition coefficient (Wildman–Crippen LogP) is 2.80. The summed E-state index contributed by atoms with van der Waals surface area (Å²) in [6.07, 6.45) is 7.91. The van der Waals surface area contributed by atoms with Crippen molar-refractivity contribution in [3.05, 3.63) is 0 Å². The number of carbonyl (C=O) groups is 1. The predicted molar refractivity (Wildman–Crippen MR) is 76.6 cm³/mol. The molecule has 0 aromatic carbocycles. The van der Waals surface area contributed by atoms with Gasteiger partial charge in [0.1, 0.15) is 0 Å². The van der Waals surface area contributed by atoms with Gasteiger partial charge in [-0.2, -0.15) is 0 Å². The van der Waals surface area contributed by atoms with Crippen LogP contribution >= 0.6 is 0 Å². The van der Waals surface area contributed by atoms with Crippen LogP contribution in [0.3, 0.4) is 0 Å². The lowest BCUT2D eigenvalue weighted by Crippen LogP contribution is -2.45. The fraction of sp³-hybridized carbons (Fsp3) is 0.933. The highest BCUT2D eigenvalue weighted by atomic mass is 16.2. The second-order valence-electron chi connectivity index (χ2n) is 5.89. The Balaban J connectivity index is 2.36. The average molecular weight is 254 g/mol. The van der Waals surface area contributed by atoms with Crippen molar-refractivity contribution in [1.82, 2.24) is 10.2 Å². The number of hydrogen-bond donors (Lipinski definition) is 1. The maximum atomic E-state index is 12.0. The van der Waals surface area contributed by atoms with E-state index in [1.54, 1.807) is 0 Å². The summed E-state index contributed by atoms with van der Waals surface area (Å²) in [5, 5.41) is 3.48. The Hall–Kier alpha value is -0.570. The lowest BCUT2D eigenvalue weighted by molar-refractivity contribution is -0.130. The Kier molecular flexibility index (Phi) is 6.69. The van der Waals surface area contributed by atoms with Crippen LogP contribution in [0.15, 0.2) is 0 Å². The summed E-state index contributed by atoms with van der Waals surface area (Å²) in [6, 6.07) is 0.809. The minimum absolute atomic E-state index is 0.208. The Morgan fingerprint density at radius 3 is 2.39 bits per heavy atom. The van der Waals surface area contributed by atoms with E-state index in [2.05, 4.69) is 26.1 Å². The molecule has 0 aromatic rings. The molecule has 18 heavy (non-hydrogen) atoms. The summed E-state index contributed by atoms with van der Waals surface area (Å²) in [4.78, 5) is 13.8. The molecule has 0 heterocycles. The third-order valence-corrected chi connectivity index (χ3v) is 4.34. The number of nitrogens with one attached hydrogen (secondary N) is 1. The van der Waals surface area contributed by atoms with E-state index in [0.717, 1.165) is 12.3 Å². The smallest absolute Gasteiger partial charge is 0.236 e. The molecule has 1 atom stereocenters. The van der Waals surface area contributed by atoms with E-state index in [-0.39, 0.29) is 11.9 Å². The maximum absolute atomic E-state index is 12.0. The molecular formula is C15H30N2O. The van der Waals surface area contributed by atoms with Crippen molar-refractivity contribution >= 4 is 5.91 Å². The van der Waals surface area contributed by atoms with Gasteiger partial charge >= 0.3 is 0 Å². The van der Waals surface area contributed by atoms with Crippen molar-refractivity contribution in [3.63, 3.8) is 0 Å². The van der Waals surface area contributed by atoms with Crippen LogP contribution in [0.4, 0.5) is 0 Å². The zero-order chi connectivity index (χ0) is 13.5. The monoisotopic (exact) mass is 254 g/mol. The Bertz CT molecular complexity index is 247. The minimum Gasteiger partial charge on any atom is -0.342 e. The fourth-order valence-corrected chi connectivity index (χ4v) is 2.81. The van der Waals surface area contributed by atoms with E-state index in [9.17, 15) is 4.79 Å². The van der Waals surface area contributed by atoms with E-state index in [0.29, 0.717) is 12.6 Å². The molecule has 0 aromatic heterocycles. The van der Waals surface area contributed by atoms with Crippen molar-refractivity contribution in [3.8, 4) is 0 Å². The number of nitrogens with zero attached hydrogens (tertiary/aromatic N) is 1. The van der Waals surface area contributed by atoms with Crippen molar-refractivity contribution in [2.24, 2.45) is 5.92 Å². The van der Waals surface area contributed by atoms with Crippen LogP contribution < -0.4 is 5.32 Å². The molecule has 106 valence electrons. The molecule has 1 N–H and O–H groups in total. The zero-order valence-electron chi connectivity index (χ0n) is 12.5. The molecular weight excluding hydrogens is 224 g/mol. The topological polar surface area (TPSA) is 32.3 Å². The first-order chi connectivity index (χ1) is 8.56. The third kappa shape index (κ3) is 4.60. The standard InChI is InChI=1S/C15H30N2O/c1-5-14(13-9-7-6-8-10-13)16-11-15(18)17(4)12(2)3/h12-14,16H,5-11H2,1-4H3. The van der Waals surface area contributed by atoms with Crippen LogP contribution in [-0.4, -0.2) is 36.5 Å². The van der Waals surface area contributed by atoms with Crippen molar-refractivity contribution in [2.45, 2.75) is 71.4 Å². The molecule has 1 amide bonds. The highest BCUT2D eigenvalue weighted by molar-refractivity contribution is 5.78. The molecule has 1 saturated carbocycles. The Morgan fingerprint density at radius 2 is 1.89 bits per heavy atom. The molecule has 1 aliphatic rings. The molecule has 1 rings (SSSR count). The fourth-order valence-electron chi connectivity index (χ4n) is 2.81. The van der Waals surface area contributed by atoms with Crippen LogP contribution in [0.2, 0.25) is 0 Å². The molecule has 0 radical (unpaired) electrons. The minimum atomic E-state index is 0.208. The number of carbonyl (C=O) groups excluding carboxylic acids is 1. The van der Waals surface area contributed by atoms with Gasteiger partial charge in [0, 0.05) is 19.1 Å². The highest BCUT2D eigenvalue weighted by Gasteiger charge is 2.23. The summed E-state index contributed by atoms with van der Waals surface area (Å²) in [7, 11) is 1.89. The molecule has 3 heteroatoms. The van der Waals surface area contributed by atoms with Gasteiger partial charge in [-0.15, -0.1) is 0 Å². The van der Waals surface area contributed by atoms with Crippen molar-refractivity contribution < 1.29 is 4.79 Å². The zero-order valence-corrected chi connectivity index (χ0v) is 12.5. The Morgan fingerprint density at radius 1 is 1.28 bits per heavy atom. The van der Waals surface area contributed by atoms with E-state index < -0.39 is 0 Å². The number of rotatable bonds is 6. The SMILES string of the molecule is CCC(NCC(=O)N(C)C(C)C)C1CCCCC1. The van der Waals surface area contributed by atoms with Crippen LogP contribution in [0.1, 0.15) is 59.3 Å². The second kappa shape index (κ2) is 7.78. The molecule has 0 bridgehead atoms. The summed E-state index contributed by atoms with van der Waals surface area (Å²) < 4.78 is 0. The summed E-state index contributed by atoms with van der Waals surface area (Å²) in [6.45, 7) is 6.82. The van der Waals surface area contributed by atoms with E-state index in [1.165, 1.54) is 32.1 Å². The molecule has 0 saturated heterocycles. The number of likely N-dealkylation sites (N-methyl/N-ethyl adjacent to an activating group) is 1. The van der Waals surface area contributed by atoms with E-state index in [1.807, 2.05) is 11.9 Å². The van der Waals surface area contributed by atoms with Gasteiger partial charge in [-0.05, 0) is 39.0 Å². The summed E-state index contributed by atoms with van der Waals surface area (Å²) in [5.41, 5.74) is 0. The van der Waals surface area contributed by atoms with Gasteiger partial charge in [-0.1, -0.05) is 26.2 Å². The van der Waals surface area contributed by atoms with Gasteiger partial charge in [0.15, 0.2) is 0 Å². The molecule has 0 aliphatic heterocycles. The lowest BCUT2D eigenvalue weighted by atomic mass is 9.83. The van der Waals surface area contributed by atoms with Gasteiger partial charge in [0.2, 0.25) is 5.91 Å². The molecule has 3 nitrogen and oxygen atoms in total. The van der Waals surface area contributed by atoms with Crippen LogP contribution in [0.25, 0.3) is 0 Å². The largest absolute Gasteiger partial charge is 0.342 e. The number of hydrogen-bond acceptors (Lipinski definition) is 2. The molecule has 0 spiro atoms. The van der Waals surface area contributed by atoms with Crippen molar-refractivity contribution in [2.75, 3.05) is 13.6 Å². The highest BCUT2D eigenvalue weighted by Crippen LogP contribution is 2.27. The van der Waals surface area contributed by atoms with Gasteiger partial charge in [0.25, 0.3) is 0 Å². The Labute approximate surface area is 112 Å². The van der Waals surface area contributed by atoms with Crippen molar-refractivity contribution in [1.29, 1.82) is 0 Å². The third-order valence-electron chi connectivity index (χ3n) is 4.34. The first-order valence-corrected chi connectivity index (χ1v) is 7.55. The molecule has 1 fully saturated rings. The first-order valence-electron chi connectivity index (χ1n) is 7.55. The summed E-state index contributed by atoms with van der Waals surface area (Å²) in [5.74, 6) is 0.986. The van der Waals surface area contributed by atoms with Crippen LogP contribution in [0.5, 0.6) is 0 Å². The van der Waals surface area contributed by atoms with Gasteiger partial charge in [0.05, 0.1) is 6.54 Å². The second-order valence-corrected chi connectivity index (χ2v) is 5.89. The molecule has 1 unspecified atom stereocenters. The quantitative estimate of drug-likeness (QED) is 0.790. The maximum Gasteiger partial charge on any atom is 0.236 e. The van der Waals surface area contributed by atoms with E-state index in [4.69, 9.17) is 0 Å². The van der Waals surface area contributed by atoms with Gasteiger partial charge in [-0.25, -0.2) is 0 Å². The summed E-state index contributed by atoms with van der Waals surface area (Å²) >= 11 is 0.